The third-order valence-corrected chi connectivity index (χ3v) is 2.06. The summed E-state index contributed by atoms with van der Waals surface area (Å²) in [6.45, 7) is 0.635. The van der Waals surface area contributed by atoms with E-state index in [0.717, 1.165) is 16.9 Å². The summed E-state index contributed by atoms with van der Waals surface area (Å²) in [4.78, 5) is 4.06. The normalized spacial score (nSPS) is 14.0. The third kappa shape index (κ3) is 0.592. The van der Waals surface area contributed by atoms with Gasteiger partial charge in [-0.25, -0.2) is 0 Å². The van der Waals surface area contributed by atoms with Crippen molar-refractivity contribution in [2.75, 3.05) is 0 Å². The fourth-order valence-corrected chi connectivity index (χ4v) is 1.44. The summed E-state index contributed by atoms with van der Waals surface area (Å²) in [5, 5.41) is 7.99. The highest BCUT2D eigenvalue weighted by molar-refractivity contribution is 5.74. The molecule has 0 aromatic carbocycles. The third-order valence-electron chi connectivity index (χ3n) is 2.06. The number of fused-ring (bicyclic) bond motifs is 3. The Bertz CT molecular complexity index is 429. The van der Waals surface area contributed by atoms with E-state index in [9.17, 15) is 0 Å². The molecule has 3 heterocycles. The summed E-state index contributed by atoms with van der Waals surface area (Å²) in [6.07, 6.45) is 5.65. The molecule has 0 atom stereocenters. The van der Waals surface area contributed by atoms with Crippen LogP contribution in [0.3, 0.4) is 0 Å². The number of azo groups is 1. The molecule has 4 nitrogen and oxygen atoms in total. The van der Waals surface area contributed by atoms with Crippen LogP contribution in [0.1, 0.15) is 0 Å². The van der Waals surface area contributed by atoms with Crippen molar-refractivity contribution in [3.8, 4) is 11.1 Å². The van der Waals surface area contributed by atoms with Gasteiger partial charge < -0.3 is 4.57 Å². The molecule has 0 aromatic heterocycles. The monoisotopic (exact) mass is 158 g/mol. The average Bonchev–Trinajstić information content (AvgIpc) is 2.71. The van der Waals surface area contributed by atoms with Gasteiger partial charge in [0.15, 0.2) is 5.82 Å². The molecule has 0 amide bonds. The molecule has 3 rings (SSSR count). The molecule has 0 bridgehead atoms. The first-order valence-electron chi connectivity index (χ1n) is 3.75. The maximum absolute atomic E-state index is 4.06. The van der Waals surface area contributed by atoms with Gasteiger partial charge in [0.2, 0.25) is 0 Å². The smallest absolute Gasteiger partial charge is 0.165 e. The molecule has 3 aliphatic heterocycles. The summed E-state index contributed by atoms with van der Waals surface area (Å²) < 4.78 is 2.00. The molecule has 0 aliphatic carbocycles. The van der Waals surface area contributed by atoms with Gasteiger partial charge in [0, 0.05) is 29.7 Å². The quantitative estimate of drug-likeness (QED) is 0.578. The maximum atomic E-state index is 4.06. The zero-order valence-electron chi connectivity index (χ0n) is 6.31. The Balaban J connectivity index is 2.43. The van der Waals surface area contributed by atoms with Crippen LogP contribution in [0.15, 0.2) is 34.9 Å². The minimum atomic E-state index is 0.635. The zero-order chi connectivity index (χ0) is 7.97. The van der Waals surface area contributed by atoms with Crippen LogP contribution in [0.5, 0.6) is 0 Å². The second-order valence-electron chi connectivity index (χ2n) is 2.77. The van der Waals surface area contributed by atoms with E-state index in [4.69, 9.17) is 0 Å². The van der Waals surface area contributed by atoms with Gasteiger partial charge in [-0.1, -0.05) is 0 Å². The SMILES string of the molecule is c1cn2c(c3cncc1-3)N=NC2. The predicted octanol–water partition coefficient (Wildman–Crippen LogP) is 2.04. The molecule has 4 heteroatoms. The van der Waals surface area contributed by atoms with Crippen molar-refractivity contribution in [2.45, 2.75) is 6.67 Å². The van der Waals surface area contributed by atoms with E-state index in [2.05, 4.69) is 15.2 Å². The van der Waals surface area contributed by atoms with Crippen molar-refractivity contribution in [3.05, 3.63) is 24.7 Å². The highest BCUT2D eigenvalue weighted by Gasteiger charge is 2.14. The first-order chi connectivity index (χ1) is 5.95. The van der Waals surface area contributed by atoms with Gasteiger partial charge in [0.1, 0.15) is 6.67 Å². The van der Waals surface area contributed by atoms with Crippen molar-refractivity contribution in [3.63, 3.8) is 0 Å². The van der Waals surface area contributed by atoms with Crippen molar-refractivity contribution >= 4 is 5.82 Å². The fraction of sp³-hybridized carbons (Fsp3) is 0.125. The Morgan fingerprint density at radius 3 is 3.33 bits per heavy atom. The highest BCUT2D eigenvalue weighted by Crippen LogP contribution is 2.34. The minimum Gasteiger partial charge on any atom is -0.309 e. The van der Waals surface area contributed by atoms with Crippen LogP contribution in [-0.4, -0.2) is 9.55 Å². The Labute approximate surface area is 68.9 Å². The van der Waals surface area contributed by atoms with E-state index >= 15 is 0 Å². The molecule has 0 unspecified atom stereocenters. The van der Waals surface area contributed by atoms with E-state index in [1.807, 2.05) is 29.2 Å². The Kier molecular flexibility index (Phi) is 0.935. The van der Waals surface area contributed by atoms with Gasteiger partial charge in [-0.2, -0.15) is 5.11 Å². The molecular weight excluding hydrogens is 152 g/mol. The predicted molar refractivity (Wildman–Crippen MR) is 43.4 cm³/mol. The van der Waals surface area contributed by atoms with Gasteiger partial charge in [-0.3, -0.25) is 4.98 Å². The standard InChI is InChI=1S/C8H6N4/c1-2-12-5-10-11-8(12)7-4-9-3-6(1)7/h1-4H,5H2. The molecule has 0 N–H and O–H groups in total. The number of pyridine rings is 1. The molecule has 0 aromatic rings. The maximum Gasteiger partial charge on any atom is 0.165 e. The van der Waals surface area contributed by atoms with Crippen LogP contribution in [0.2, 0.25) is 0 Å². The summed E-state index contributed by atoms with van der Waals surface area (Å²) in [6, 6.07) is 2.03. The van der Waals surface area contributed by atoms with Gasteiger partial charge in [0.25, 0.3) is 0 Å². The Morgan fingerprint density at radius 1 is 1.33 bits per heavy atom. The molecule has 0 spiro atoms. The Hall–Kier alpha value is -1.71. The van der Waals surface area contributed by atoms with Gasteiger partial charge in [-0.05, 0) is 6.07 Å². The topological polar surface area (TPSA) is 42.5 Å². The number of aromatic nitrogens is 2. The van der Waals surface area contributed by atoms with Gasteiger partial charge >= 0.3 is 0 Å². The first kappa shape index (κ1) is 5.88. The molecule has 12 heavy (non-hydrogen) atoms. The van der Waals surface area contributed by atoms with Crippen LogP contribution < -0.4 is 0 Å². The molecule has 0 radical (unpaired) electrons. The lowest BCUT2D eigenvalue weighted by Gasteiger charge is -2.03. The van der Waals surface area contributed by atoms with Crippen LogP contribution in [0, 0.1) is 0 Å². The zero-order valence-corrected chi connectivity index (χ0v) is 6.31. The summed E-state index contributed by atoms with van der Waals surface area (Å²) in [7, 11) is 0. The number of nitrogens with zero attached hydrogens (tertiary/aromatic N) is 4. The highest BCUT2D eigenvalue weighted by atomic mass is 15.3. The van der Waals surface area contributed by atoms with E-state index < -0.39 is 0 Å². The average molecular weight is 158 g/mol. The fourth-order valence-electron chi connectivity index (χ4n) is 1.44. The van der Waals surface area contributed by atoms with Crippen LogP contribution in [0.4, 0.5) is 5.82 Å². The molecule has 58 valence electrons. The lowest BCUT2D eigenvalue weighted by molar-refractivity contribution is 0.772. The summed E-state index contributed by atoms with van der Waals surface area (Å²) in [5.74, 6) is 0.921. The lowest BCUT2D eigenvalue weighted by atomic mass is 10.1. The second-order valence-corrected chi connectivity index (χ2v) is 2.77. The minimum absolute atomic E-state index is 0.635. The van der Waals surface area contributed by atoms with E-state index in [0.29, 0.717) is 6.67 Å². The van der Waals surface area contributed by atoms with Gasteiger partial charge in [-0.15, -0.1) is 5.11 Å². The molecule has 0 saturated carbocycles. The molecule has 0 saturated heterocycles. The second kappa shape index (κ2) is 1.91. The largest absolute Gasteiger partial charge is 0.309 e. The lowest BCUT2D eigenvalue weighted by Crippen LogP contribution is -1.92. The molecule has 0 fully saturated rings. The summed E-state index contributed by atoms with van der Waals surface area (Å²) >= 11 is 0. The first-order valence-corrected chi connectivity index (χ1v) is 3.75. The van der Waals surface area contributed by atoms with Crippen LogP contribution in [-0.2, 0) is 6.67 Å². The summed E-state index contributed by atoms with van der Waals surface area (Å²) in [5.41, 5.74) is 2.21. The molecular formula is C8H6N4. The number of hydrogen-bond donors (Lipinski definition) is 0. The number of rotatable bonds is 0. The van der Waals surface area contributed by atoms with Crippen LogP contribution >= 0.6 is 0 Å². The Morgan fingerprint density at radius 2 is 2.33 bits per heavy atom. The van der Waals surface area contributed by atoms with E-state index in [1.54, 1.807) is 0 Å². The van der Waals surface area contributed by atoms with Gasteiger partial charge in [0.05, 0.1) is 0 Å². The molecule has 3 aliphatic rings. The number of hydrogen-bond acceptors (Lipinski definition) is 3. The van der Waals surface area contributed by atoms with Crippen molar-refractivity contribution in [2.24, 2.45) is 10.2 Å². The van der Waals surface area contributed by atoms with Crippen molar-refractivity contribution in [1.29, 1.82) is 0 Å². The van der Waals surface area contributed by atoms with Crippen molar-refractivity contribution in [1.82, 2.24) is 9.55 Å². The van der Waals surface area contributed by atoms with Crippen LogP contribution in [0.25, 0.3) is 11.1 Å². The van der Waals surface area contributed by atoms with Crippen molar-refractivity contribution < 1.29 is 0 Å². The van der Waals surface area contributed by atoms with E-state index in [-0.39, 0.29) is 0 Å². The van der Waals surface area contributed by atoms with E-state index in [1.165, 1.54) is 0 Å².